The standard InChI is InChI=1S/C19H21N3O3S.ClH/c1-14-6-5-9-19(16(14)12-20)26(23,24)22-11-10-21-13-17(22)15-7-3-4-8-18(15)25-2;/h3-9,17,21H,10-11,13H2,1-2H3;1H. The summed E-state index contributed by atoms with van der Waals surface area (Å²) in [4.78, 5) is 0.0572. The summed E-state index contributed by atoms with van der Waals surface area (Å²) in [5.74, 6) is 0.645. The van der Waals surface area contributed by atoms with Gasteiger partial charge < -0.3 is 10.1 Å². The molecule has 0 radical (unpaired) electrons. The van der Waals surface area contributed by atoms with E-state index >= 15 is 0 Å². The lowest BCUT2D eigenvalue weighted by molar-refractivity contribution is 0.264. The fourth-order valence-electron chi connectivity index (χ4n) is 3.31. The van der Waals surface area contributed by atoms with Gasteiger partial charge >= 0.3 is 0 Å². The highest BCUT2D eigenvalue weighted by molar-refractivity contribution is 7.89. The second kappa shape index (κ2) is 8.72. The molecule has 0 saturated carbocycles. The molecule has 0 aromatic heterocycles. The molecule has 1 heterocycles. The van der Waals surface area contributed by atoms with Gasteiger partial charge in [-0.1, -0.05) is 30.3 Å². The zero-order chi connectivity index (χ0) is 18.7. The van der Waals surface area contributed by atoms with Gasteiger partial charge in [0.2, 0.25) is 10.0 Å². The van der Waals surface area contributed by atoms with Crippen molar-refractivity contribution in [2.75, 3.05) is 26.7 Å². The first-order chi connectivity index (χ1) is 12.5. The van der Waals surface area contributed by atoms with Crippen molar-refractivity contribution in [1.29, 1.82) is 5.26 Å². The van der Waals surface area contributed by atoms with Crippen LogP contribution in [0.3, 0.4) is 0 Å². The molecule has 1 N–H and O–H groups in total. The lowest BCUT2D eigenvalue weighted by Gasteiger charge is -2.36. The summed E-state index contributed by atoms with van der Waals surface area (Å²) >= 11 is 0. The molecule has 1 fully saturated rings. The molecule has 1 aliphatic rings. The largest absolute Gasteiger partial charge is 0.496 e. The Morgan fingerprint density at radius 2 is 1.96 bits per heavy atom. The minimum atomic E-state index is -3.83. The molecule has 3 rings (SSSR count). The van der Waals surface area contributed by atoms with Gasteiger partial charge in [-0.2, -0.15) is 9.57 Å². The molecule has 144 valence electrons. The van der Waals surface area contributed by atoms with Crippen LogP contribution in [0.1, 0.15) is 22.7 Å². The van der Waals surface area contributed by atoms with Gasteiger partial charge in [0.15, 0.2) is 0 Å². The van der Waals surface area contributed by atoms with Crippen molar-refractivity contribution in [3.05, 3.63) is 59.2 Å². The predicted octanol–water partition coefficient (Wildman–Crippen LogP) is 2.63. The molecule has 1 unspecified atom stereocenters. The number of para-hydroxylation sites is 1. The molecule has 27 heavy (non-hydrogen) atoms. The number of methoxy groups -OCH3 is 1. The Morgan fingerprint density at radius 3 is 2.67 bits per heavy atom. The van der Waals surface area contributed by atoms with Crippen molar-refractivity contribution in [1.82, 2.24) is 9.62 Å². The molecule has 0 amide bonds. The molecule has 2 aromatic rings. The van der Waals surface area contributed by atoms with E-state index < -0.39 is 16.1 Å². The van der Waals surface area contributed by atoms with Gasteiger partial charge in [0, 0.05) is 25.2 Å². The number of sulfonamides is 1. The molecular formula is C19H22ClN3O3S. The molecule has 0 aliphatic carbocycles. The number of benzene rings is 2. The number of halogens is 1. The van der Waals surface area contributed by atoms with E-state index in [1.54, 1.807) is 26.2 Å². The minimum absolute atomic E-state index is 0. The molecule has 0 spiro atoms. The van der Waals surface area contributed by atoms with E-state index in [4.69, 9.17) is 4.74 Å². The summed E-state index contributed by atoms with van der Waals surface area (Å²) < 4.78 is 33.7. The number of aryl methyl sites for hydroxylation is 1. The van der Waals surface area contributed by atoms with Crippen LogP contribution in [0.2, 0.25) is 0 Å². The molecule has 8 heteroatoms. The van der Waals surface area contributed by atoms with Crippen molar-refractivity contribution in [3.63, 3.8) is 0 Å². The topological polar surface area (TPSA) is 82.4 Å². The number of nitrogens with zero attached hydrogens (tertiary/aromatic N) is 2. The van der Waals surface area contributed by atoms with E-state index in [1.165, 1.54) is 10.4 Å². The van der Waals surface area contributed by atoms with E-state index in [0.29, 0.717) is 30.9 Å². The maximum absolute atomic E-state index is 13.4. The average Bonchev–Trinajstić information content (AvgIpc) is 2.67. The lowest BCUT2D eigenvalue weighted by Crippen LogP contribution is -2.48. The van der Waals surface area contributed by atoms with E-state index in [1.807, 2.05) is 30.3 Å². The summed E-state index contributed by atoms with van der Waals surface area (Å²) in [6, 6.07) is 14.0. The van der Waals surface area contributed by atoms with Crippen LogP contribution >= 0.6 is 12.4 Å². The molecule has 1 atom stereocenters. The van der Waals surface area contributed by atoms with Gasteiger partial charge in [0.25, 0.3) is 0 Å². The molecular weight excluding hydrogens is 386 g/mol. The molecule has 1 aliphatic heterocycles. The molecule has 1 saturated heterocycles. The second-order valence-electron chi connectivity index (χ2n) is 6.14. The number of piperazine rings is 1. The van der Waals surface area contributed by atoms with Crippen molar-refractivity contribution < 1.29 is 13.2 Å². The first kappa shape index (κ1) is 21.2. The highest BCUT2D eigenvalue weighted by atomic mass is 35.5. The average molecular weight is 408 g/mol. The monoisotopic (exact) mass is 407 g/mol. The number of hydrogen-bond donors (Lipinski definition) is 1. The van der Waals surface area contributed by atoms with Crippen LogP contribution < -0.4 is 10.1 Å². The van der Waals surface area contributed by atoms with Gasteiger partial charge in [0.05, 0.1) is 18.7 Å². The Bertz CT molecular complexity index is 957. The SMILES string of the molecule is COc1ccccc1C1CNCCN1S(=O)(=O)c1cccc(C)c1C#N.Cl. The summed E-state index contributed by atoms with van der Waals surface area (Å²) in [6.07, 6.45) is 0. The molecule has 0 bridgehead atoms. The van der Waals surface area contributed by atoms with Crippen molar-refractivity contribution in [2.45, 2.75) is 17.9 Å². The third kappa shape index (κ3) is 3.94. The number of rotatable bonds is 4. The Morgan fingerprint density at radius 1 is 1.22 bits per heavy atom. The predicted molar refractivity (Wildman–Crippen MR) is 106 cm³/mol. The quantitative estimate of drug-likeness (QED) is 0.842. The zero-order valence-electron chi connectivity index (χ0n) is 15.2. The summed E-state index contributed by atoms with van der Waals surface area (Å²) in [5.41, 5.74) is 1.65. The van der Waals surface area contributed by atoms with Crippen LogP contribution in [0.4, 0.5) is 0 Å². The first-order valence-corrected chi connectivity index (χ1v) is 9.80. The maximum Gasteiger partial charge on any atom is 0.245 e. The third-order valence-corrected chi connectivity index (χ3v) is 6.58. The van der Waals surface area contributed by atoms with E-state index in [0.717, 1.165) is 5.56 Å². The molecule has 6 nitrogen and oxygen atoms in total. The van der Waals surface area contributed by atoms with Gasteiger partial charge in [-0.15, -0.1) is 12.4 Å². The molecule has 2 aromatic carbocycles. The Balaban J connectivity index is 0.00000261. The van der Waals surface area contributed by atoms with Crippen LogP contribution in [-0.4, -0.2) is 39.5 Å². The Labute approximate surface area is 166 Å². The maximum atomic E-state index is 13.4. The van der Waals surface area contributed by atoms with Gasteiger partial charge in [-0.3, -0.25) is 0 Å². The van der Waals surface area contributed by atoms with Crippen LogP contribution in [0.25, 0.3) is 0 Å². The van der Waals surface area contributed by atoms with Crippen LogP contribution in [0.5, 0.6) is 5.75 Å². The highest BCUT2D eigenvalue weighted by Crippen LogP contribution is 2.34. The fraction of sp³-hybridized carbons (Fsp3) is 0.316. The summed E-state index contributed by atoms with van der Waals surface area (Å²) in [6.45, 7) is 3.10. The van der Waals surface area contributed by atoms with E-state index in [2.05, 4.69) is 5.32 Å². The number of nitrogens with one attached hydrogen (secondary N) is 1. The third-order valence-electron chi connectivity index (χ3n) is 4.63. The van der Waals surface area contributed by atoms with Crippen LogP contribution in [-0.2, 0) is 10.0 Å². The van der Waals surface area contributed by atoms with Crippen LogP contribution in [0.15, 0.2) is 47.4 Å². The van der Waals surface area contributed by atoms with E-state index in [-0.39, 0.29) is 22.9 Å². The first-order valence-electron chi connectivity index (χ1n) is 8.36. The van der Waals surface area contributed by atoms with Crippen molar-refractivity contribution in [3.8, 4) is 11.8 Å². The Kier molecular flexibility index (Phi) is 6.84. The Hall–Kier alpha value is -2.11. The summed E-state index contributed by atoms with van der Waals surface area (Å²) in [7, 11) is -2.26. The normalized spacial score (nSPS) is 17.6. The number of hydrogen-bond acceptors (Lipinski definition) is 5. The van der Waals surface area contributed by atoms with Crippen LogP contribution in [0, 0.1) is 18.3 Å². The number of nitriles is 1. The van der Waals surface area contributed by atoms with Crippen molar-refractivity contribution in [2.24, 2.45) is 0 Å². The zero-order valence-corrected chi connectivity index (χ0v) is 16.8. The minimum Gasteiger partial charge on any atom is -0.496 e. The smallest absolute Gasteiger partial charge is 0.245 e. The lowest BCUT2D eigenvalue weighted by atomic mass is 10.0. The van der Waals surface area contributed by atoms with Gasteiger partial charge in [-0.25, -0.2) is 8.42 Å². The fourth-order valence-corrected chi connectivity index (χ4v) is 5.13. The highest BCUT2D eigenvalue weighted by Gasteiger charge is 2.37. The van der Waals surface area contributed by atoms with E-state index in [9.17, 15) is 13.7 Å². The van der Waals surface area contributed by atoms with Gasteiger partial charge in [-0.05, 0) is 24.6 Å². The van der Waals surface area contributed by atoms with Crippen molar-refractivity contribution >= 4 is 22.4 Å². The second-order valence-corrected chi connectivity index (χ2v) is 8.00. The number of ether oxygens (including phenoxy) is 1. The van der Waals surface area contributed by atoms with Gasteiger partial charge in [0.1, 0.15) is 16.7 Å². The summed E-state index contributed by atoms with van der Waals surface area (Å²) in [5, 5.41) is 12.7.